The first-order chi connectivity index (χ1) is 6.77. The maximum atomic E-state index is 11.5. The van der Waals surface area contributed by atoms with Crippen molar-refractivity contribution in [1.82, 2.24) is 5.32 Å². The van der Waals surface area contributed by atoms with Crippen molar-refractivity contribution in [3.8, 4) is 11.5 Å². The van der Waals surface area contributed by atoms with Crippen LogP contribution in [0.2, 0.25) is 0 Å². The van der Waals surface area contributed by atoms with Crippen LogP contribution in [0.3, 0.4) is 0 Å². The number of carbonyl (C=O) groups excluding carboxylic acids is 1. The van der Waals surface area contributed by atoms with E-state index in [1.165, 1.54) is 7.11 Å². The minimum absolute atomic E-state index is 0.101. The van der Waals surface area contributed by atoms with E-state index in [0.717, 1.165) is 5.56 Å². The highest BCUT2D eigenvalue weighted by molar-refractivity contribution is 6.01. The van der Waals surface area contributed by atoms with Crippen molar-refractivity contribution in [2.24, 2.45) is 0 Å². The lowest BCUT2D eigenvalue weighted by atomic mass is 10.1. The summed E-state index contributed by atoms with van der Waals surface area (Å²) in [6.45, 7) is 0.564. The molecular formula is C10H11NO3. The van der Waals surface area contributed by atoms with Crippen molar-refractivity contribution in [3.63, 3.8) is 0 Å². The zero-order valence-corrected chi connectivity index (χ0v) is 8.09. The Morgan fingerprint density at radius 1 is 1.29 bits per heavy atom. The molecule has 0 fully saturated rings. The summed E-state index contributed by atoms with van der Waals surface area (Å²) in [7, 11) is 3.08. The van der Waals surface area contributed by atoms with Gasteiger partial charge in [-0.15, -0.1) is 0 Å². The lowest BCUT2D eigenvalue weighted by Gasteiger charge is -2.09. The number of hydrogen-bond donors (Lipinski definition) is 1. The van der Waals surface area contributed by atoms with Crippen molar-refractivity contribution in [2.75, 3.05) is 14.2 Å². The fourth-order valence-electron chi connectivity index (χ4n) is 1.63. The quantitative estimate of drug-likeness (QED) is 0.760. The molecule has 2 rings (SSSR count). The molecule has 0 aliphatic carbocycles. The SMILES string of the molecule is COc1ccc2c(c1OC)C(=O)NC2. The van der Waals surface area contributed by atoms with Crippen LogP contribution in [-0.4, -0.2) is 20.1 Å². The van der Waals surface area contributed by atoms with Crippen LogP contribution < -0.4 is 14.8 Å². The van der Waals surface area contributed by atoms with E-state index in [2.05, 4.69) is 5.32 Å². The molecule has 1 heterocycles. The monoisotopic (exact) mass is 193 g/mol. The minimum Gasteiger partial charge on any atom is -0.493 e. The molecule has 1 aromatic rings. The van der Waals surface area contributed by atoms with Crippen LogP contribution in [-0.2, 0) is 6.54 Å². The third-order valence-corrected chi connectivity index (χ3v) is 2.30. The zero-order chi connectivity index (χ0) is 10.1. The molecule has 0 spiro atoms. The highest BCUT2D eigenvalue weighted by Crippen LogP contribution is 2.35. The Kier molecular flexibility index (Phi) is 2.04. The third-order valence-electron chi connectivity index (χ3n) is 2.30. The largest absolute Gasteiger partial charge is 0.493 e. The molecule has 1 N–H and O–H groups in total. The summed E-state index contributed by atoms with van der Waals surface area (Å²) in [5, 5.41) is 2.74. The van der Waals surface area contributed by atoms with Crippen molar-refractivity contribution >= 4 is 5.91 Å². The normalized spacial score (nSPS) is 13.4. The first-order valence-corrected chi connectivity index (χ1v) is 4.30. The second-order valence-electron chi connectivity index (χ2n) is 3.02. The summed E-state index contributed by atoms with van der Waals surface area (Å²) in [6.07, 6.45) is 0. The van der Waals surface area contributed by atoms with Gasteiger partial charge in [-0.05, 0) is 11.6 Å². The van der Waals surface area contributed by atoms with Gasteiger partial charge >= 0.3 is 0 Å². The Balaban J connectivity index is 2.63. The summed E-state index contributed by atoms with van der Waals surface area (Å²) in [4.78, 5) is 11.5. The van der Waals surface area contributed by atoms with Crippen molar-refractivity contribution in [3.05, 3.63) is 23.3 Å². The van der Waals surface area contributed by atoms with Crippen molar-refractivity contribution < 1.29 is 14.3 Å². The molecule has 0 bridgehead atoms. The molecule has 0 atom stereocenters. The number of nitrogens with one attached hydrogen (secondary N) is 1. The first-order valence-electron chi connectivity index (χ1n) is 4.30. The van der Waals surface area contributed by atoms with Crippen LogP contribution in [0.4, 0.5) is 0 Å². The molecule has 1 aliphatic rings. The van der Waals surface area contributed by atoms with Crippen LogP contribution in [0.15, 0.2) is 12.1 Å². The highest BCUT2D eigenvalue weighted by atomic mass is 16.5. The van der Waals surface area contributed by atoms with Crippen LogP contribution in [0.1, 0.15) is 15.9 Å². The lowest BCUT2D eigenvalue weighted by Crippen LogP contribution is -2.13. The molecular weight excluding hydrogens is 182 g/mol. The van der Waals surface area contributed by atoms with Gasteiger partial charge in [0.1, 0.15) is 0 Å². The van der Waals surface area contributed by atoms with Gasteiger partial charge in [-0.25, -0.2) is 0 Å². The van der Waals surface area contributed by atoms with Gasteiger partial charge in [0.25, 0.3) is 5.91 Å². The Morgan fingerprint density at radius 2 is 2.07 bits per heavy atom. The fraction of sp³-hybridized carbons (Fsp3) is 0.300. The summed E-state index contributed by atoms with van der Waals surface area (Å²) >= 11 is 0. The third kappa shape index (κ3) is 1.11. The van der Waals surface area contributed by atoms with E-state index < -0.39 is 0 Å². The van der Waals surface area contributed by atoms with Gasteiger partial charge in [-0.2, -0.15) is 0 Å². The molecule has 1 aromatic carbocycles. The van der Waals surface area contributed by atoms with E-state index in [9.17, 15) is 4.79 Å². The van der Waals surface area contributed by atoms with E-state index in [0.29, 0.717) is 23.6 Å². The topological polar surface area (TPSA) is 47.6 Å². The second kappa shape index (κ2) is 3.21. The van der Waals surface area contributed by atoms with Gasteiger partial charge in [0.2, 0.25) is 0 Å². The summed E-state index contributed by atoms with van der Waals surface area (Å²) in [5.74, 6) is 0.999. The summed E-state index contributed by atoms with van der Waals surface area (Å²) in [6, 6.07) is 3.67. The van der Waals surface area contributed by atoms with Crippen LogP contribution in [0.25, 0.3) is 0 Å². The molecule has 0 saturated heterocycles. The Morgan fingerprint density at radius 3 is 2.71 bits per heavy atom. The van der Waals surface area contributed by atoms with Crippen molar-refractivity contribution in [1.29, 1.82) is 0 Å². The van der Waals surface area contributed by atoms with Gasteiger partial charge in [0, 0.05) is 6.54 Å². The van der Waals surface area contributed by atoms with Gasteiger partial charge in [-0.1, -0.05) is 6.07 Å². The van der Waals surface area contributed by atoms with E-state index in [-0.39, 0.29) is 5.91 Å². The first kappa shape index (κ1) is 8.87. The number of fused-ring (bicyclic) bond motifs is 1. The Labute approximate surface area is 81.8 Å². The Bertz CT molecular complexity index is 387. The number of methoxy groups -OCH3 is 2. The number of hydrogen-bond acceptors (Lipinski definition) is 3. The lowest BCUT2D eigenvalue weighted by molar-refractivity contribution is 0.0962. The second-order valence-corrected chi connectivity index (χ2v) is 3.02. The van der Waals surface area contributed by atoms with E-state index >= 15 is 0 Å². The molecule has 74 valence electrons. The highest BCUT2D eigenvalue weighted by Gasteiger charge is 2.25. The van der Waals surface area contributed by atoms with E-state index in [4.69, 9.17) is 9.47 Å². The molecule has 0 aromatic heterocycles. The molecule has 1 amide bonds. The molecule has 0 radical (unpaired) electrons. The standard InChI is InChI=1S/C10H11NO3/c1-13-7-4-3-6-5-11-10(12)8(6)9(7)14-2/h3-4H,5H2,1-2H3,(H,11,12). The fourth-order valence-corrected chi connectivity index (χ4v) is 1.63. The van der Waals surface area contributed by atoms with E-state index in [1.54, 1.807) is 13.2 Å². The number of carbonyl (C=O) groups is 1. The summed E-state index contributed by atoms with van der Waals surface area (Å²) < 4.78 is 10.3. The molecule has 4 heteroatoms. The van der Waals surface area contributed by atoms with Gasteiger partial charge in [0.05, 0.1) is 19.8 Å². The Hall–Kier alpha value is -1.71. The van der Waals surface area contributed by atoms with Gasteiger partial charge in [-0.3, -0.25) is 4.79 Å². The molecule has 0 unspecified atom stereocenters. The van der Waals surface area contributed by atoms with Gasteiger partial charge in [0.15, 0.2) is 11.5 Å². The van der Waals surface area contributed by atoms with E-state index in [1.807, 2.05) is 6.07 Å². The maximum absolute atomic E-state index is 11.5. The predicted octanol–water partition coefficient (Wildman–Crippen LogP) is 0.947. The average Bonchev–Trinajstić information content (AvgIpc) is 2.59. The van der Waals surface area contributed by atoms with Crippen LogP contribution in [0.5, 0.6) is 11.5 Å². The maximum Gasteiger partial charge on any atom is 0.255 e. The molecule has 0 saturated carbocycles. The molecule has 14 heavy (non-hydrogen) atoms. The molecule has 1 aliphatic heterocycles. The number of ether oxygens (including phenoxy) is 2. The van der Waals surface area contributed by atoms with Crippen LogP contribution in [0, 0.1) is 0 Å². The minimum atomic E-state index is -0.101. The van der Waals surface area contributed by atoms with Crippen LogP contribution >= 0.6 is 0 Å². The molecule has 4 nitrogen and oxygen atoms in total. The smallest absolute Gasteiger partial charge is 0.255 e. The zero-order valence-electron chi connectivity index (χ0n) is 8.09. The predicted molar refractivity (Wildman–Crippen MR) is 50.7 cm³/mol. The number of rotatable bonds is 2. The average molecular weight is 193 g/mol. The number of amides is 1. The van der Waals surface area contributed by atoms with Crippen molar-refractivity contribution in [2.45, 2.75) is 6.54 Å². The van der Waals surface area contributed by atoms with Gasteiger partial charge < -0.3 is 14.8 Å². The number of benzene rings is 1. The summed E-state index contributed by atoms with van der Waals surface area (Å²) in [5.41, 5.74) is 1.54.